The Morgan fingerprint density at radius 3 is 2.69 bits per heavy atom. The normalized spacial score (nSPS) is 10.8. The summed E-state index contributed by atoms with van der Waals surface area (Å²) in [6.45, 7) is 1.10. The number of amides is 1. The molecule has 0 saturated heterocycles. The molecule has 0 aliphatic rings. The fourth-order valence-corrected chi connectivity index (χ4v) is 3.58. The predicted octanol–water partition coefficient (Wildman–Crippen LogP) is 2.84. The SMILES string of the molecule is Cn1ncc2c(-c3cccc(NC(=O)c4ccc(CNCCO)cn4)c3C#N)cccc21. The molecule has 0 atom stereocenters. The molecule has 0 aliphatic heterocycles. The van der Waals surface area contributed by atoms with Crippen molar-refractivity contribution in [3.63, 3.8) is 0 Å². The minimum atomic E-state index is -0.395. The fourth-order valence-electron chi connectivity index (χ4n) is 3.58. The van der Waals surface area contributed by atoms with E-state index in [1.165, 1.54) is 0 Å². The first-order chi connectivity index (χ1) is 15.6. The van der Waals surface area contributed by atoms with Crippen LogP contribution in [0.15, 0.2) is 60.9 Å². The highest BCUT2D eigenvalue weighted by Gasteiger charge is 2.16. The highest BCUT2D eigenvalue weighted by atomic mass is 16.3. The molecule has 0 saturated carbocycles. The van der Waals surface area contributed by atoms with E-state index in [0.717, 1.165) is 27.6 Å². The minimum absolute atomic E-state index is 0.0590. The monoisotopic (exact) mass is 426 g/mol. The van der Waals surface area contributed by atoms with Gasteiger partial charge >= 0.3 is 0 Å². The topological polar surface area (TPSA) is 116 Å². The molecule has 0 unspecified atom stereocenters. The zero-order chi connectivity index (χ0) is 22.5. The second kappa shape index (κ2) is 9.39. The van der Waals surface area contributed by atoms with Gasteiger partial charge in [0.25, 0.3) is 5.91 Å². The van der Waals surface area contributed by atoms with E-state index in [1.54, 1.807) is 35.3 Å². The van der Waals surface area contributed by atoms with Crippen molar-refractivity contribution in [2.75, 3.05) is 18.5 Å². The number of benzene rings is 2. The maximum absolute atomic E-state index is 12.8. The van der Waals surface area contributed by atoms with Crippen molar-refractivity contribution in [1.82, 2.24) is 20.1 Å². The molecule has 2 aromatic heterocycles. The summed E-state index contributed by atoms with van der Waals surface area (Å²) in [4.78, 5) is 17.0. The Bertz CT molecular complexity index is 1300. The molecule has 0 spiro atoms. The van der Waals surface area contributed by atoms with Crippen LogP contribution in [0, 0.1) is 11.3 Å². The maximum Gasteiger partial charge on any atom is 0.274 e. The van der Waals surface area contributed by atoms with Crippen molar-refractivity contribution in [1.29, 1.82) is 5.26 Å². The fraction of sp³-hybridized carbons (Fsp3) is 0.167. The summed E-state index contributed by atoms with van der Waals surface area (Å²) < 4.78 is 1.78. The van der Waals surface area contributed by atoms with Crippen molar-refractivity contribution in [2.45, 2.75) is 6.54 Å². The molecule has 1 amide bonds. The van der Waals surface area contributed by atoms with Gasteiger partial charge in [0.05, 0.1) is 29.6 Å². The van der Waals surface area contributed by atoms with E-state index >= 15 is 0 Å². The Hall–Kier alpha value is -4.06. The van der Waals surface area contributed by atoms with Crippen LogP contribution in [-0.4, -0.2) is 38.9 Å². The van der Waals surface area contributed by atoms with Crippen LogP contribution in [0.4, 0.5) is 5.69 Å². The Morgan fingerprint density at radius 2 is 1.94 bits per heavy atom. The number of anilines is 1. The third kappa shape index (κ3) is 4.21. The van der Waals surface area contributed by atoms with Gasteiger partial charge in [-0.2, -0.15) is 10.4 Å². The third-order valence-corrected chi connectivity index (χ3v) is 5.18. The number of rotatable bonds is 7. The summed E-state index contributed by atoms with van der Waals surface area (Å²) in [6.07, 6.45) is 3.39. The van der Waals surface area contributed by atoms with Gasteiger partial charge in [0.2, 0.25) is 0 Å². The van der Waals surface area contributed by atoms with Gasteiger partial charge in [-0.1, -0.05) is 30.3 Å². The number of hydrogen-bond acceptors (Lipinski definition) is 6. The van der Waals surface area contributed by atoms with Crippen LogP contribution in [0.1, 0.15) is 21.6 Å². The van der Waals surface area contributed by atoms with Gasteiger partial charge in [-0.15, -0.1) is 0 Å². The van der Waals surface area contributed by atoms with Crippen LogP contribution >= 0.6 is 0 Å². The second-order valence-corrected chi connectivity index (χ2v) is 7.25. The molecule has 0 aliphatic carbocycles. The largest absolute Gasteiger partial charge is 0.395 e. The highest BCUT2D eigenvalue weighted by Crippen LogP contribution is 2.33. The summed E-state index contributed by atoms with van der Waals surface area (Å²) >= 11 is 0. The van der Waals surface area contributed by atoms with Crippen molar-refractivity contribution >= 4 is 22.5 Å². The van der Waals surface area contributed by atoms with Crippen LogP contribution in [0.5, 0.6) is 0 Å². The quantitative estimate of drug-likeness (QED) is 0.391. The summed E-state index contributed by atoms with van der Waals surface area (Å²) in [7, 11) is 1.87. The molecule has 2 aromatic carbocycles. The average molecular weight is 426 g/mol. The van der Waals surface area contributed by atoms with E-state index in [1.807, 2.05) is 37.4 Å². The van der Waals surface area contributed by atoms with E-state index in [-0.39, 0.29) is 12.3 Å². The third-order valence-electron chi connectivity index (χ3n) is 5.18. The second-order valence-electron chi connectivity index (χ2n) is 7.25. The molecule has 0 fully saturated rings. The number of aromatic nitrogens is 3. The Morgan fingerprint density at radius 1 is 1.12 bits per heavy atom. The molecule has 2 heterocycles. The molecule has 4 aromatic rings. The van der Waals surface area contributed by atoms with E-state index < -0.39 is 5.91 Å². The zero-order valence-electron chi connectivity index (χ0n) is 17.5. The van der Waals surface area contributed by atoms with Gasteiger partial charge in [0, 0.05) is 37.3 Å². The molecule has 8 heteroatoms. The number of nitriles is 1. The molecule has 0 bridgehead atoms. The lowest BCUT2D eigenvalue weighted by atomic mass is 9.96. The number of nitrogens with one attached hydrogen (secondary N) is 2. The summed E-state index contributed by atoms with van der Waals surface area (Å²) in [5.74, 6) is -0.395. The standard InChI is InChI=1S/C24H22N6O2/c1-30-23-7-3-5-18(20(23)15-28-30)17-4-2-6-21(19(17)12-25)29-24(32)22-9-8-16(14-27-22)13-26-10-11-31/h2-9,14-15,26,31H,10-11,13H2,1H3,(H,29,32). The number of aliphatic hydroxyl groups excluding tert-OH is 1. The lowest BCUT2D eigenvalue weighted by Gasteiger charge is -2.12. The first kappa shape index (κ1) is 21.2. The molecule has 3 N–H and O–H groups in total. The lowest BCUT2D eigenvalue weighted by molar-refractivity contribution is 0.102. The zero-order valence-corrected chi connectivity index (χ0v) is 17.5. The predicted molar refractivity (Wildman–Crippen MR) is 122 cm³/mol. The number of pyridine rings is 1. The van der Waals surface area contributed by atoms with E-state index in [9.17, 15) is 10.1 Å². The summed E-state index contributed by atoms with van der Waals surface area (Å²) in [5, 5.41) is 29.9. The maximum atomic E-state index is 12.8. The molecule has 4 rings (SSSR count). The average Bonchev–Trinajstić information content (AvgIpc) is 3.20. The number of fused-ring (bicyclic) bond motifs is 1. The Kier molecular flexibility index (Phi) is 6.22. The number of carbonyl (C=O) groups excluding carboxylic acids is 1. The number of carbonyl (C=O) groups is 1. The summed E-state index contributed by atoms with van der Waals surface area (Å²) in [5.41, 5.74) is 4.51. The molecule has 8 nitrogen and oxygen atoms in total. The van der Waals surface area contributed by atoms with Crippen LogP contribution in [0.25, 0.3) is 22.0 Å². The van der Waals surface area contributed by atoms with Crippen molar-refractivity contribution < 1.29 is 9.90 Å². The van der Waals surface area contributed by atoms with Crippen molar-refractivity contribution in [2.24, 2.45) is 7.05 Å². The summed E-state index contributed by atoms with van der Waals surface area (Å²) in [6, 6.07) is 16.9. The molecular weight excluding hydrogens is 404 g/mol. The van der Waals surface area contributed by atoms with Gasteiger partial charge in [0.1, 0.15) is 11.8 Å². The van der Waals surface area contributed by atoms with Crippen molar-refractivity contribution in [3.05, 3.63) is 77.7 Å². The minimum Gasteiger partial charge on any atom is -0.395 e. The number of aryl methyl sites for hydroxylation is 1. The van der Waals surface area contributed by atoms with Crippen molar-refractivity contribution in [3.8, 4) is 17.2 Å². The Balaban J connectivity index is 1.61. The van der Waals surface area contributed by atoms with Crippen LogP contribution in [0.2, 0.25) is 0 Å². The molecular formula is C24H22N6O2. The van der Waals surface area contributed by atoms with Gasteiger partial charge in [-0.25, -0.2) is 0 Å². The number of aliphatic hydroxyl groups is 1. The van der Waals surface area contributed by atoms with E-state index in [0.29, 0.717) is 24.3 Å². The van der Waals surface area contributed by atoms with Gasteiger partial charge in [0.15, 0.2) is 0 Å². The number of hydrogen-bond donors (Lipinski definition) is 3. The molecule has 160 valence electrons. The van der Waals surface area contributed by atoms with Crippen LogP contribution in [-0.2, 0) is 13.6 Å². The molecule has 0 radical (unpaired) electrons. The van der Waals surface area contributed by atoms with E-state index in [2.05, 4.69) is 26.8 Å². The number of nitrogens with zero attached hydrogens (tertiary/aromatic N) is 4. The lowest BCUT2D eigenvalue weighted by Crippen LogP contribution is -2.18. The first-order valence-electron chi connectivity index (χ1n) is 10.1. The van der Waals surface area contributed by atoms with Gasteiger partial charge in [-0.3, -0.25) is 14.5 Å². The van der Waals surface area contributed by atoms with Crippen LogP contribution in [0.3, 0.4) is 0 Å². The van der Waals surface area contributed by atoms with E-state index in [4.69, 9.17) is 5.11 Å². The van der Waals surface area contributed by atoms with Gasteiger partial charge < -0.3 is 15.7 Å². The highest BCUT2D eigenvalue weighted by molar-refractivity contribution is 6.05. The Labute approximate surface area is 185 Å². The molecule has 32 heavy (non-hydrogen) atoms. The first-order valence-corrected chi connectivity index (χ1v) is 10.1. The van der Waals surface area contributed by atoms with Crippen LogP contribution < -0.4 is 10.6 Å². The van der Waals surface area contributed by atoms with Gasteiger partial charge in [-0.05, 0) is 29.3 Å². The smallest absolute Gasteiger partial charge is 0.274 e.